The number of thioether (sulfide) groups is 1. The van der Waals surface area contributed by atoms with E-state index in [9.17, 15) is 9.59 Å². The van der Waals surface area contributed by atoms with Crippen LogP contribution in [0.15, 0.2) is 70.6 Å². The quantitative estimate of drug-likeness (QED) is 0.463. The van der Waals surface area contributed by atoms with Gasteiger partial charge in [0.1, 0.15) is 5.75 Å². The van der Waals surface area contributed by atoms with Gasteiger partial charge < -0.3 is 14.4 Å². The first-order chi connectivity index (χ1) is 17.6. The number of hydrogen-bond donors (Lipinski definition) is 0. The van der Waals surface area contributed by atoms with Crippen molar-refractivity contribution in [2.24, 2.45) is 4.99 Å². The second-order valence-electron chi connectivity index (χ2n) is 8.41. The average Bonchev–Trinajstić information content (AvgIpc) is 3.22. The van der Waals surface area contributed by atoms with Gasteiger partial charge in [0.05, 0.1) is 30.9 Å². The van der Waals surface area contributed by atoms with Crippen molar-refractivity contribution in [3.8, 4) is 5.75 Å². The van der Waals surface area contributed by atoms with Gasteiger partial charge in [0, 0.05) is 30.8 Å². The van der Waals surface area contributed by atoms with E-state index in [2.05, 4.69) is 0 Å². The number of morpholine rings is 1. The summed E-state index contributed by atoms with van der Waals surface area (Å²) in [6, 6.07) is 19.2. The molecule has 0 N–H and O–H groups in total. The first kappa shape index (κ1) is 24.1. The van der Waals surface area contributed by atoms with Crippen LogP contribution in [-0.4, -0.2) is 66.7 Å². The van der Waals surface area contributed by atoms with Gasteiger partial charge in [-0.25, -0.2) is 4.99 Å². The summed E-state index contributed by atoms with van der Waals surface area (Å²) in [4.78, 5) is 35.0. The number of rotatable bonds is 5. The zero-order valence-corrected chi connectivity index (χ0v) is 21.1. The van der Waals surface area contributed by atoms with Gasteiger partial charge in [-0.2, -0.15) is 0 Å². The Morgan fingerprint density at radius 3 is 2.69 bits per heavy atom. The number of ether oxygens (including phenoxy) is 2. The van der Waals surface area contributed by atoms with Crippen LogP contribution in [0, 0.1) is 0 Å². The van der Waals surface area contributed by atoms with E-state index in [-0.39, 0.29) is 11.8 Å². The fraction of sp³-hybridized carbons (Fsp3) is 0.250. The minimum Gasteiger partial charge on any atom is -0.496 e. The van der Waals surface area contributed by atoms with E-state index in [1.165, 1.54) is 11.8 Å². The van der Waals surface area contributed by atoms with Crippen molar-refractivity contribution in [2.75, 3.05) is 40.0 Å². The predicted octanol–water partition coefficient (Wildman–Crippen LogP) is 4.94. The Balaban J connectivity index is 1.47. The van der Waals surface area contributed by atoms with Crippen LogP contribution in [-0.2, 0) is 9.53 Å². The third-order valence-electron chi connectivity index (χ3n) is 6.25. The van der Waals surface area contributed by atoms with Crippen molar-refractivity contribution < 1.29 is 19.1 Å². The van der Waals surface area contributed by atoms with Crippen LogP contribution in [0.1, 0.15) is 22.8 Å². The predicted molar refractivity (Wildman–Crippen MR) is 144 cm³/mol. The van der Waals surface area contributed by atoms with Crippen LogP contribution >= 0.6 is 11.8 Å². The van der Waals surface area contributed by atoms with Crippen molar-refractivity contribution in [3.63, 3.8) is 0 Å². The molecule has 2 saturated heterocycles. The Labute approximate surface area is 214 Å². The second kappa shape index (κ2) is 10.6. The van der Waals surface area contributed by atoms with Crippen LogP contribution < -0.4 is 4.74 Å². The van der Waals surface area contributed by atoms with E-state index in [0.29, 0.717) is 59.9 Å². The topological polar surface area (TPSA) is 71.4 Å². The summed E-state index contributed by atoms with van der Waals surface area (Å²) in [5.74, 6) is 0.570. The fourth-order valence-corrected chi connectivity index (χ4v) is 5.42. The molecule has 36 heavy (non-hydrogen) atoms. The summed E-state index contributed by atoms with van der Waals surface area (Å²) in [5, 5.41) is 2.67. The Bertz CT molecular complexity index is 1380. The largest absolute Gasteiger partial charge is 0.496 e. The summed E-state index contributed by atoms with van der Waals surface area (Å²) in [6.07, 6.45) is 1.89. The van der Waals surface area contributed by atoms with Gasteiger partial charge in [-0.05, 0) is 59.8 Å². The van der Waals surface area contributed by atoms with Crippen LogP contribution in [0.3, 0.4) is 0 Å². The van der Waals surface area contributed by atoms with E-state index >= 15 is 0 Å². The van der Waals surface area contributed by atoms with Crippen molar-refractivity contribution in [1.29, 1.82) is 0 Å². The minimum absolute atomic E-state index is 0.0357. The number of carbonyl (C=O) groups excluding carboxylic acids is 2. The third-order valence-corrected chi connectivity index (χ3v) is 7.25. The number of amides is 2. The molecule has 0 bridgehead atoms. The number of methoxy groups -OCH3 is 1. The molecule has 0 spiro atoms. The summed E-state index contributed by atoms with van der Waals surface area (Å²) in [5.41, 5.74) is 2.07. The highest BCUT2D eigenvalue weighted by Gasteiger charge is 2.32. The number of fused-ring (bicyclic) bond motifs is 1. The van der Waals surface area contributed by atoms with E-state index in [0.717, 1.165) is 16.3 Å². The van der Waals surface area contributed by atoms with Crippen LogP contribution in [0.2, 0.25) is 0 Å². The van der Waals surface area contributed by atoms with E-state index in [4.69, 9.17) is 14.5 Å². The molecule has 2 fully saturated rings. The lowest BCUT2D eigenvalue weighted by molar-refractivity contribution is -0.122. The van der Waals surface area contributed by atoms with Crippen molar-refractivity contribution in [2.45, 2.75) is 6.92 Å². The molecule has 7 nitrogen and oxygen atoms in total. The Morgan fingerprint density at radius 2 is 1.92 bits per heavy atom. The Kier molecular flexibility index (Phi) is 7.06. The van der Waals surface area contributed by atoms with E-state index < -0.39 is 0 Å². The lowest BCUT2D eigenvalue weighted by Crippen LogP contribution is -2.40. The summed E-state index contributed by atoms with van der Waals surface area (Å²) < 4.78 is 11.0. The molecule has 0 aliphatic carbocycles. The fourth-order valence-electron chi connectivity index (χ4n) is 4.37. The molecule has 2 aliphatic rings. The first-order valence-electron chi connectivity index (χ1n) is 11.9. The van der Waals surface area contributed by atoms with Crippen LogP contribution in [0.5, 0.6) is 5.75 Å². The highest BCUT2D eigenvalue weighted by atomic mass is 32.2. The minimum atomic E-state index is -0.100. The molecular weight excluding hydrogens is 474 g/mol. The third kappa shape index (κ3) is 4.74. The van der Waals surface area contributed by atoms with Gasteiger partial charge in [0.2, 0.25) is 0 Å². The number of likely N-dealkylation sites (N-methyl/N-ethyl adjacent to an activating group) is 1. The van der Waals surface area contributed by atoms with Crippen molar-refractivity contribution in [1.82, 2.24) is 9.80 Å². The molecule has 0 unspecified atom stereocenters. The van der Waals surface area contributed by atoms with Gasteiger partial charge in [-0.15, -0.1) is 0 Å². The number of amidine groups is 1. The van der Waals surface area contributed by atoms with Crippen LogP contribution in [0.25, 0.3) is 16.8 Å². The molecule has 0 atom stereocenters. The maximum Gasteiger partial charge on any atom is 0.266 e. The zero-order valence-electron chi connectivity index (χ0n) is 20.3. The highest BCUT2D eigenvalue weighted by molar-refractivity contribution is 8.18. The number of hydrogen-bond acceptors (Lipinski definition) is 6. The molecule has 2 heterocycles. The molecule has 0 radical (unpaired) electrons. The van der Waals surface area contributed by atoms with Crippen LogP contribution in [0.4, 0.5) is 5.69 Å². The molecule has 0 aromatic heterocycles. The van der Waals surface area contributed by atoms with Gasteiger partial charge in [-0.3, -0.25) is 14.5 Å². The molecular formula is C28H27N3O4S. The number of benzene rings is 3. The Morgan fingerprint density at radius 1 is 1.11 bits per heavy atom. The van der Waals surface area contributed by atoms with Gasteiger partial charge >= 0.3 is 0 Å². The van der Waals surface area contributed by atoms with Gasteiger partial charge in [-0.1, -0.05) is 36.4 Å². The Hall–Kier alpha value is -3.62. The van der Waals surface area contributed by atoms with Crippen molar-refractivity contribution in [3.05, 3.63) is 76.7 Å². The SMILES string of the molecule is CCN1C(=O)/C(=C\c2c(OC)ccc3ccccc23)SC1=Nc1cccc(C(=O)N2CCOCC2)c1. The number of aliphatic imine (C=N–C) groups is 1. The maximum atomic E-state index is 13.3. The summed E-state index contributed by atoms with van der Waals surface area (Å²) >= 11 is 1.33. The van der Waals surface area contributed by atoms with Gasteiger partial charge in [0.25, 0.3) is 11.8 Å². The molecule has 3 aromatic rings. The molecule has 3 aromatic carbocycles. The molecule has 2 amide bonds. The highest BCUT2D eigenvalue weighted by Crippen LogP contribution is 2.37. The average molecular weight is 502 g/mol. The molecule has 2 aliphatic heterocycles. The standard InChI is InChI=1S/C28H27N3O4S/c1-3-31-27(33)25(18-23-22-10-5-4-7-19(22)11-12-24(23)34-2)36-28(31)29-21-9-6-8-20(17-21)26(32)30-13-15-35-16-14-30/h4-12,17-18H,3,13-16H2,1-2H3/b25-18+,29-28?. The zero-order chi connectivity index (χ0) is 25.1. The number of carbonyl (C=O) groups is 2. The summed E-state index contributed by atoms with van der Waals surface area (Å²) in [7, 11) is 1.63. The van der Waals surface area contributed by atoms with E-state index in [1.807, 2.05) is 61.5 Å². The smallest absolute Gasteiger partial charge is 0.266 e. The van der Waals surface area contributed by atoms with Crippen molar-refractivity contribution >= 4 is 51.3 Å². The molecule has 0 saturated carbocycles. The maximum absolute atomic E-state index is 13.3. The second-order valence-corrected chi connectivity index (χ2v) is 9.42. The molecule has 184 valence electrons. The first-order valence-corrected chi connectivity index (χ1v) is 12.7. The molecule has 8 heteroatoms. The van der Waals surface area contributed by atoms with E-state index in [1.54, 1.807) is 29.0 Å². The lowest BCUT2D eigenvalue weighted by atomic mass is 10.0. The normalized spacial score (nSPS) is 18.4. The van der Waals surface area contributed by atoms with Gasteiger partial charge in [0.15, 0.2) is 5.17 Å². The molecule has 5 rings (SSSR count). The summed E-state index contributed by atoms with van der Waals surface area (Å²) in [6.45, 7) is 4.67. The monoisotopic (exact) mass is 501 g/mol. The lowest BCUT2D eigenvalue weighted by Gasteiger charge is -2.26. The number of nitrogens with zero attached hydrogens (tertiary/aromatic N) is 3.